The SMILES string of the molecule is Cn1cc(CS(=O)c2ccc(N)c(F)c2)nn1. The molecule has 1 unspecified atom stereocenters. The molecule has 1 atom stereocenters. The van der Waals surface area contributed by atoms with Crippen LogP contribution in [0.2, 0.25) is 0 Å². The van der Waals surface area contributed by atoms with E-state index < -0.39 is 16.6 Å². The fourth-order valence-corrected chi connectivity index (χ4v) is 2.35. The predicted octanol–water partition coefficient (Wildman–Crippen LogP) is 0.844. The van der Waals surface area contributed by atoms with Crippen LogP contribution in [0.5, 0.6) is 0 Å². The molecule has 0 bridgehead atoms. The number of nitrogen functional groups attached to an aromatic ring is 1. The van der Waals surface area contributed by atoms with Gasteiger partial charge in [-0.25, -0.2) is 4.39 Å². The molecule has 0 aliphatic carbocycles. The molecular formula is C10H11FN4OS. The summed E-state index contributed by atoms with van der Waals surface area (Å²) in [5, 5.41) is 7.56. The van der Waals surface area contributed by atoms with Crippen molar-refractivity contribution in [2.24, 2.45) is 7.05 Å². The summed E-state index contributed by atoms with van der Waals surface area (Å²) >= 11 is 0. The van der Waals surface area contributed by atoms with Crippen LogP contribution < -0.4 is 5.73 Å². The summed E-state index contributed by atoms with van der Waals surface area (Å²) in [6.45, 7) is 0. The predicted molar refractivity (Wildman–Crippen MR) is 61.9 cm³/mol. The van der Waals surface area contributed by atoms with Crippen molar-refractivity contribution in [2.75, 3.05) is 5.73 Å². The Morgan fingerprint density at radius 2 is 2.29 bits per heavy atom. The smallest absolute Gasteiger partial charge is 0.147 e. The molecule has 0 spiro atoms. The van der Waals surface area contributed by atoms with Gasteiger partial charge in [0.1, 0.15) is 5.82 Å². The zero-order valence-corrected chi connectivity index (χ0v) is 9.95. The summed E-state index contributed by atoms with van der Waals surface area (Å²) in [6.07, 6.45) is 1.67. The van der Waals surface area contributed by atoms with Gasteiger partial charge in [0.05, 0.1) is 27.9 Å². The first-order valence-corrected chi connectivity index (χ1v) is 6.17. The molecule has 2 rings (SSSR count). The number of aromatic nitrogens is 3. The molecule has 1 heterocycles. The molecule has 0 amide bonds. The van der Waals surface area contributed by atoms with Crippen molar-refractivity contribution < 1.29 is 8.60 Å². The Morgan fingerprint density at radius 1 is 1.53 bits per heavy atom. The van der Waals surface area contributed by atoms with Gasteiger partial charge in [0.15, 0.2) is 0 Å². The third-order valence-corrected chi connectivity index (χ3v) is 3.50. The van der Waals surface area contributed by atoms with Crippen molar-refractivity contribution >= 4 is 16.5 Å². The second-order valence-corrected chi connectivity index (χ2v) is 5.01. The number of hydrogen-bond acceptors (Lipinski definition) is 4. The molecular weight excluding hydrogens is 243 g/mol. The Hall–Kier alpha value is -1.76. The van der Waals surface area contributed by atoms with Crippen molar-refractivity contribution in [1.29, 1.82) is 0 Å². The minimum absolute atomic E-state index is 0.0465. The summed E-state index contributed by atoms with van der Waals surface area (Å²) in [4.78, 5) is 0.391. The highest BCUT2D eigenvalue weighted by Gasteiger charge is 2.10. The van der Waals surface area contributed by atoms with Crippen LogP contribution in [0, 0.1) is 5.82 Å². The highest BCUT2D eigenvalue weighted by atomic mass is 32.2. The van der Waals surface area contributed by atoms with E-state index in [0.29, 0.717) is 10.6 Å². The van der Waals surface area contributed by atoms with E-state index in [2.05, 4.69) is 10.3 Å². The topological polar surface area (TPSA) is 73.8 Å². The van der Waals surface area contributed by atoms with Gasteiger partial charge in [-0.2, -0.15) is 0 Å². The lowest BCUT2D eigenvalue weighted by molar-refractivity contribution is 0.627. The second kappa shape index (κ2) is 4.62. The van der Waals surface area contributed by atoms with Gasteiger partial charge in [-0.15, -0.1) is 5.10 Å². The fraction of sp³-hybridized carbons (Fsp3) is 0.200. The van der Waals surface area contributed by atoms with Gasteiger partial charge in [-0.1, -0.05) is 5.21 Å². The van der Waals surface area contributed by atoms with Crippen molar-refractivity contribution in [3.8, 4) is 0 Å². The van der Waals surface area contributed by atoms with Gasteiger partial charge >= 0.3 is 0 Å². The zero-order chi connectivity index (χ0) is 12.4. The average molecular weight is 254 g/mol. The molecule has 0 saturated heterocycles. The van der Waals surface area contributed by atoms with E-state index >= 15 is 0 Å². The van der Waals surface area contributed by atoms with Crippen molar-refractivity contribution in [2.45, 2.75) is 10.6 Å². The minimum Gasteiger partial charge on any atom is -0.396 e. The number of anilines is 1. The Bertz CT molecular complexity index is 569. The lowest BCUT2D eigenvalue weighted by Gasteiger charge is -2.01. The Morgan fingerprint density at radius 3 is 2.88 bits per heavy atom. The maximum Gasteiger partial charge on any atom is 0.147 e. The maximum atomic E-state index is 13.2. The van der Waals surface area contributed by atoms with Gasteiger partial charge in [0.2, 0.25) is 0 Å². The zero-order valence-electron chi connectivity index (χ0n) is 9.13. The van der Waals surface area contributed by atoms with Gasteiger partial charge in [-0.05, 0) is 18.2 Å². The van der Waals surface area contributed by atoms with Crippen LogP contribution in [-0.2, 0) is 23.6 Å². The molecule has 90 valence electrons. The van der Waals surface area contributed by atoms with E-state index in [0.717, 1.165) is 0 Å². The largest absolute Gasteiger partial charge is 0.396 e. The lowest BCUT2D eigenvalue weighted by atomic mass is 10.3. The molecule has 2 aromatic rings. The van der Waals surface area contributed by atoms with Crippen LogP contribution in [0.4, 0.5) is 10.1 Å². The van der Waals surface area contributed by atoms with Crippen molar-refractivity contribution in [3.05, 3.63) is 35.9 Å². The number of nitrogens with two attached hydrogens (primary N) is 1. The van der Waals surface area contributed by atoms with E-state index in [1.165, 1.54) is 16.8 Å². The number of nitrogens with zero attached hydrogens (tertiary/aromatic N) is 3. The molecule has 0 saturated carbocycles. The quantitative estimate of drug-likeness (QED) is 0.824. The third-order valence-electron chi connectivity index (χ3n) is 2.16. The van der Waals surface area contributed by atoms with E-state index in [-0.39, 0.29) is 11.4 Å². The van der Waals surface area contributed by atoms with Crippen LogP contribution in [-0.4, -0.2) is 19.2 Å². The third kappa shape index (κ3) is 2.68. The molecule has 0 fully saturated rings. The summed E-state index contributed by atoms with van der Waals surface area (Å²) in [5.74, 6) is -0.355. The molecule has 1 aromatic heterocycles. The minimum atomic E-state index is -1.35. The Kier molecular flexibility index (Phi) is 3.19. The van der Waals surface area contributed by atoms with E-state index in [1.54, 1.807) is 19.3 Å². The summed E-state index contributed by atoms with van der Waals surface area (Å²) < 4.78 is 26.6. The van der Waals surface area contributed by atoms with E-state index in [9.17, 15) is 8.60 Å². The number of aryl methyl sites for hydroxylation is 1. The second-order valence-electron chi connectivity index (χ2n) is 3.56. The fourth-order valence-electron chi connectivity index (χ4n) is 1.33. The highest BCUT2D eigenvalue weighted by molar-refractivity contribution is 7.84. The van der Waals surface area contributed by atoms with Crippen LogP contribution in [0.15, 0.2) is 29.3 Å². The Labute approximate surface area is 99.9 Å². The first kappa shape index (κ1) is 11.7. The normalized spacial score (nSPS) is 12.6. The highest BCUT2D eigenvalue weighted by Crippen LogP contribution is 2.16. The first-order chi connectivity index (χ1) is 8.06. The monoisotopic (exact) mass is 254 g/mol. The van der Waals surface area contributed by atoms with Crippen LogP contribution >= 0.6 is 0 Å². The Balaban J connectivity index is 2.17. The maximum absolute atomic E-state index is 13.2. The standard InChI is InChI=1S/C10H11FN4OS/c1-15-5-7(13-14-15)6-17(16)8-2-3-10(12)9(11)4-8/h2-5H,6,12H2,1H3. The van der Waals surface area contributed by atoms with Gasteiger partial charge < -0.3 is 5.73 Å². The number of benzene rings is 1. The molecule has 5 nitrogen and oxygen atoms in total. The van der Waals surface area contributed by atoms with Crippen LogP contribution in [0.25, 0.3) is 0 Å². The molecule has 2 N–H and O–H groups in total. The van der Waals surface area contributed by atoms with Crippen molar-refractivity contribution in [3.63, 3.8) is 0 Å². The molecule has 0 aliphatic heterocycles. The van der Waals surface area contributed by atoms with E-state index in [1.807, 2.05) is 0 Å². The summed E-state index contributed by atoms with van der Waals surface area (Å²) in [7, 11) is 0.374. The van der Waals surface area contributed by atoms with E-state index in [4.69, 9.17) is 5.73 Å². The van der Waals surface area contributed by atoms with Gasteiger partial charge in [0, 0.05) is 18.1 Å². The average Bonchev–Trinajstić information content (AvgIpc) is 2.68. The number of halogens is 1. The lowest BCUT2D eigenvalue weighted by Crippen LogP contribution is -1.99. The summed E-state index contributed by atoms with van der Waals surface area (Å²) in [6, 6.07) is 4.13. The van der Waals surface area contributed by atoms with Gasteiger partial charge in [-0.3, -0.25) is 8.89 Å². The summed E-state index contributed by atoms with van der Waals surface area (Å²) in [5.41, 5.74) is 5.99. The van der Waals surface area contributed by atoms with Crippen molar-refractivity contribution in [1.82, 2.24) is 15.0 Å². The molecule has 1 aromatic carbocycles. The van der Waals surface area contributed by atoms with Gasteiger partial charge in [0.25, 0.3) is 0 Å². The van der Waals surface area contributed by atoms with Crippen LogP contribution in [0.3, 0.4) is 0 Å². The molecule has 0 aliphatic rings. The first-order valence-electron chi connectivity index (χ1n) is 4.85. The van der Waals surface area contributed by atoms with Crippen LogP contribution in [0.1, 0.15) is 5.69 Å². The molecule has 17 heavy (non-hydrogen) atoms. The molecule has 7 heteroatoms. The number of hydrogen-bond donors (Lipinski definition) is 1. The molecule has 0 radical (unpaired) electrons. The number of rotatable bonds is 3.